The van der Waals surface area contributed by atoms with Crippen LogP contribution in [0, 0.1) is 25.2 Å². The molecule has 0 saturated heterocycles. The molecule has 0 aromatic heterocycles. The summed E-state index contributed by atoms with van der Waals surface area (Å²) in [5.41, 5.74) is 3.81. The van der Waals surface area contributed by atoms with E-state index in [4.69, 9.17) is 5.26 Å². The zero-order valence-electron chi connectivity index (χ0n) is 15.8. The van der Waals surface area contributed by atoms with E-state index in [0.717, 1.165) is 28.9 Å². The van der Waals surface area contributed by atoms with Crippen molar-refractivity contribution in [1.29, 1.82) is 5.26 Å². The van der Waals surface area contributed by atoms with E-state index in [1.807, 2.05) is 39.0 Å². The van der Waals surface area contributed by atoms with Gasteiger partial charge in [-0.25, -0.2) is 4.83 Å². The van der Waals surface area contributed by atoms with Gasteiger partial charge in [0.05, 0.1) is 23.6 Å². The van der Waals surface area contributed by atoms with Gasteiger partial charge in [-0.2, -0.15) is 18.8 Å². The molecule has 0 bridgehead atoms. The van der Waals surface area contributed by atoms with Crippen LogP contribution in [0.2, 0.25) is 0 Å². The molecule has 0 spiro atoms. The fourth-order valence-electron chi connectivity index (χ4n) is 2.59. The predicted octanol–water partition coefficient (Wildman–Crippen LogP) is 3.36. The highest BCUT2D eigenvalue weighted by molar-refractivity contribution is 7.89. The predicted molar refractivity (Wildman–Crippen MR) is 108 cm³/mol. The first-order chi connectivity index (χ1) is 12.9. The van der Waals surface area contributed by atoms with Crippen molar-refractivity contribution in [3.05, 3.63) is 59.2 Å². The average Bonchev–Trinajstić information content (AvgIpc) is 2.64. The average molecular weight is 385 g/mol. The van der Waals surface area contributed by atoms with Crippen molar-refractivity contribution in [2.24, 2.45) is 5.10 Å². The summed E-state index contributed by atoms with van der Waals surface area (Å²) in [7, 11) is -3.68. The number of hydrogen-bond acceptors (Lipinski definition) is 5. The topological polar surface area (TPSA) is 85.6 Å². The fourth-order valence-corrected chi connectivity index (χ4v) is 3.38. The molecule has 0 radical (unpaired) electrons. The number of hydrogen-bond donors (Lipinski definition) is 1. The zero-order valence-corrected chi connectivity index (χ0v) is 16.6. The summed E-state index contributed by atoms with van der Waals surface area (Å²) >= 11 is 0. The van der Waals surface area contributed by atoms with Gasteiger partial charge < -0.3 is 4.90 Å². The van der Waals surface area contributed by atoms with Crippen LogP contribution in [-0.2, 0) is 10.0 Å². The quantitative estimate of drug-likeness (QED) is 0.559. The highest BCUT2D eigenvalue weighted by atomic mass is 32.2. The van der Waals surface area contributed by atoms with E-state index in [1.165, 1.54) is 6.21 Å². The van der Waals surface area contributed by atoms with Crippen molar-refractivity contribution in [2.45, 2.75) is 32.1 Å². The first-order valence-corrected chi connectivity index (χ1v) is 10.2. The van der Waals surface area contributed by atoms with Crippen LogP contribution in [0.1, 0.15) is 30.0 Å². The summed E-state index contributed by atoms with van der Waals surface area (Å²) in [4.78, 5) is 4.54. The molecule has 142 valence electrons. The lowest BCUT2D eigenvalue weighted by Crippen LogP contribution is -2.23. The van der Waals surface area contributed by atoms with Crippen molar-refractivity contribution in [3.8, 4) is 6.07 Å². The molecule has 0 aliphatic carbocycles. The minimum absolute atomic E-state index is 0.174. The molecule has 0 heterocycles. The second-order valence-corrected chi connectivity index (χ2v) is 7.86. The molecule has 0 amide bonds. The van der Waals surface area contributed by atoms with Crippen molar-refractivity contribution in [2.75, 3.05) is 18.0 Å². The first kappa shape index (κ1) is 20.5. The molecule has 0 unspecified atom stereocenters. The molecule has 0 aliphatic rings. The second kappa shape index (κ2) is 9.19. The molecule has 7 heteroatoms. The number of aryl methyl sites for hydroxylation is 2. The first-order valence-electron chi connectivity index (χ1n) is 8.71. The minimum atomic E-state index is -3.68. The Bertz CT molecular complexity index is 945. The molecule has 0 aliphatic heterocycles. The Hall–Kier alpha value is -2.85. The number of anilines is 1. The Labute approximate surface area is 161 Å². The number of benzene rings is 2. The molecule has 1 N–H and O–H groups in total. The summed E-state index contributed by atoms with van der Waals surface area (Å²) in [6.07, 6.45) is 1.97. The number of sulfonamides is 1. The van der Waals surface area contributed by atoms with Gasteiger partial charge in [0.15, 0.2) is 0 Å². The van der Waals surface area contributed by atoms with E-state index in [1.54, 1.807) is 24.3 Å². The van der Waals surface area contributed by atoms with E-state index < -0.39 is 10.0 Å². The maximum atomic E-state index is 12.2. The van der Waals surface area contributed by atoms with Crippen LogP contribution in [-0.4, -0.2) is 27.7 Å². The van der Waals surface area contributed by atoms with Crippen LogP contribution in [0.25, 0.3) is 0 Å². The van der Waals surface area contributed by atoms with Crippen LogP contribution in [0.5, 0.6) is 0 Å². The van der Waals surface area contributed by atoms with Gasteiger partial charge in [0, 0.05) is 18.8 Å². The zero-order chi connectivity index (χ0) is 19.9. The molecule has 0 fully saturated rings. The van der Waals surface area contributed by atoms with Crippen LogP contribution in [0.3, 0.4) is 0 Å². The lowest BCUT2D eigenvalue weighted by atomic mass is 10.1. The smallest absolute Gasteiger partial charge is 0.276 e. The maximum Gasteiger partial charge on any atom is 0.276 e. The van der Waals surface area contributed by atoms with Gasteiger partial charge in [-0.05, 0) is 56.2 Å². The van der Waals surface area contributed by atoms with Gasteiger partial charge in [0.1, 0.15) is 0 Å². The fraction of sp³-hybridized carbons (Fsp3) is 0.300. The van der Waals surface area contributed by atoms with Crippen molar-refractivity contribution < 1.29 is 8.42 Å². The third-order valence-corrected chi connectivity index (χ3v) is 5.44. The molecule has 0 atom stereocenters. The van der Waals surface area contributed by atoms with E-state index >= 15 is 0 Å². The summed E-state index contributed by atoms with van der Waals surface area (Å²) in [5.74, 6) is 0. The number of rotatable bonds is 8. The largest absolute Gasteiger partial charge is 0.371 e. The third kappa shape index (κ3) is 5.56. The molecule has 2 rings (SSSR count). The van der Waals surface area contributed by atoms with E-state index in [0.29, 0.717) is 13.0 Å². The SMILES string of the molecule is CCN(CCC#N)c1ccc(/C=N\NS(=O)(=O)c2ccc(C)cc2)c(C)c1. The lowest BCUT2D eigenvalue weighted by molar-refractivity contribution is 0.584. The van der Waals surface area contributed by atoms with E-state index in [-0.39, 0.29) is 4.90 Å². The van der Waals surface area contributed by atoms with E-state index in [2.05, 4.69) is 20.9 Å². The second-order valence-electron chi connectivity index (χ2n) is 6.19. The lowest BCUT2D eigenvalue weighted by Gasteiger charge is -2.22. The van der Waals surface area contributed by atoms with Crippen molar-refractivity contribution in [3.63, 3.8) is 0 Å². The molecule has 2 aromatic carbocycles. The maximum absolute atomic E-state index is 12.2. The highest BCUT2D eigenvalue weighted by Crippen LogP contribution is 2.19. The van der Waals surface area contributed by atoms with Crippen molar-refractivity contribution in [1.82, 2.24) is 4.83 Å². The molecular formula is C20H24N4O2S. The molecule has 0 saturated carbocycles. The number of nitriles is 1. The van der Waals surface area contributed by atoms with Gasteiger partial charge in [-0.1, -0.05) is 23.8 Å². The Morgan fingerprint density at radius 1 is 1.19 bits per heavy atom. The number of hydrazone groups is 1. The van der Waals surface area contributed by atoms with Crippen LogP contribution in [0.4, 0.5) is 5.69 Å². The number of nitrogens with one attached hydrogen (secondary N) is 1. The Balaban J connectivity index is 2.11. The molecule has 6 nitrogen and oxygen atoms in total. The molecular weight excluding hydrogens is 360 g/mol. The Morgan fingerprint density at radius 2 is 1.89 bits per heavy atom. The van der Waals surface area contributed by atoms with Gasteiger partial charge in [-0.3, -0.25) is 0 Å². The van der Waals surface area contributed by atoms with Crippen LogP contribution in [0.15, 0.2) is 52.5 Å². The third-order valence-electron chi connectivity index (χ3n) is 4.20. The van der Waals surface area contributed by atoms with Gasteiger partial charge in [-0.15, -0.1) is 0 Å². The summed E-state index contributed by atoms with van der Waals surface area (Å²) < 4.78 is 24.5. The summed E-state index contributed by atoms with van der Waals surface area (Å²) in [6.45, 7) is 7.37. The summed E-state index contributed by atoms with van der Waals surface area (Å²) in [5, 5.41) is 12.7. The standard InChI is InChI=1S/C20H24N4O2S/c1-4-24(13-5-12-21)19-9-8-18(17(3)14-19)15-22-23-27(25,26)20-10-6-16(2)7-11-20/h6-11,14-15,23H,4-5,13H2,1-3H3/b22-15-. The van der Waals surface area contributed by atoms with Gasteiger partial charge in [0.25, 0.3) is 10.0 Å². The number of nitrogens with zero attached hydrogens (tertiary/aromatic N) is 3. The molecule has 27 heavy (non-hydrogen) atoms. The summed E-state index contributed by atoms with van der Waals surface area (Å²) in [6, 6.07) is 14.6. The van der Waals surface area contributed by atoms with Gasteiger partial charge in [0.2, 0.25) is 0 Å². The monoisotopic (exact) mass is 384 g/mol. The Kier molecular flexibility index (Phi) is 6.97. The Morgan fingerprint density at radius 3 is 2.48 bits per heavy atom. The van der Waals surface area contributed by atoms with Gasteiger partial charge >= 0.3 is 0 Å². The van der Waals surface area contributed by atoms with Crippen LogP contribution < -0.4 is 9.73 Å². The van der Waals surface area contributed by atoms with Crippen molar-refractivity contribution >= 4 is 21.9 Å². The molecule has 2 aromatic rings. The normalized spacial score (nSPS) is 11.3. The minimum Gasteiger partial charge on any atom is -0.371 e. The van der Waals surface area contributed by atoms with Crippen LogP contribution >= 0.6 is 0 Å². The highest BCUT2D eigenvalue weighted by Gasteiger charge is 2.12. The van der Waals surface area contributed by atoms with E-state index in [9.17, 15) is 8.42 Å².